The Hall–Kier alpha value is -2.03. The summed E-state index contributed by atoms with van der Waals surface area (Å²) in [7, 11) is 0. The zero-order chi connectivity index (χ0) is 16.8. The van der Waals surface area contributed by atoms with Gasteiger partial charge in [-0.3, -0.25) is 10.7 Å². The van der Waals surface area contributed by atoms with Gasteiger partial charge in [-0.05, 0) is 18.2 Å². The number of benzene rings is 1. The second-order valence-electron chi connectivity index (χ2n) is 5.84. The molecule has 1 fully saturated rings. The number of amidine groups is 1. The van der Waals surface area contributed by atoms with Gasteiger partial charge in [-0.25, -0.2) is 22.6 Å². The van der Waals surface area contributed by atoms with Crippen molar-refractivity contribution in [1.29, 1.82) is 0 Å². The third-order valence-corrected chi connectivity index (χ3v) is 4.43. The molecular formula is C14H15F4N3O2. The summed E-state index contributed by atoms with van der Waals surface area (Å²) < 4.78 is 60.9. The van der Waals surface area contributed by atoms with E-state index in [2.05, 4.69) is 4.99 Å². The number of nitrogens with two attached hydrogens (primary N) is 1. The highest BCUT2D eigenvalue weighted by atomic mass is 19.3. The van der Waals surface area contributed by atoms with Crippen LogP contribution in [0.15, 0.2) is 23.2 Å². The number of anilines is 1. The third-order valence-electron chi connectivity index (χ3n) is 4.43. The lowest BCUT2D eigenvalue weighted by Gasteiger charge is -2.40. The van der Waals surface area contributed by atoms with Crippen LogP contribution in [0.2, 0.25) is 0 Å². The van der Waals surface area contributed by atoms with Crippen LogP contribution in [0, 0.1) is 11.7 Å². The molecule has 0 spiro atoms. The predicted molar refractivity (Wildman–Crippen MR) is 73.6 cm³/mol. The number of fused-ring (bicyclic) bond motifs is 1. The number of alkyl halides is 3. The van der Waals surface area contributed by atoms with E-state index < -0.39 is 54.8 Å². The number of rotatable bonds is 3. The normalized spacial score (nSPS) is 32.0. The Labute approximate surface area is 129 Å². The standard InChI is InChI=1S/C14H15F4N3O2/c15-6-14(8-3-7(21-22)1-2-10(8)16)9-4-13(17,18)5-11(9)23-12(19)20-14/h1-3,9,11,21-22H,4-6H2,(H2,19,20)/t9-,11+,14+/m0/s1. The maximum atomic E-state index is 14.3. The van der Waals surface area contributed by atoms with Gasteiger partial charge in [0.1, 0.15) is 24.1 Å². The fourth-order valence-corrected chi connectivity index (χ4v) is 3.42. The minimum Gasteiger partial charge on any atom is -0.461 e. The summed E-state index contributed by atoms with van der Waals surface area (Å²) in [6.45, 7) is -1.22. The van der Waals surface area contributed by atoms with Gasteiger partial charge in [0.25, 0.3) is 11.9 Å². The molecular weight excluding hydrogens is 318 g/mol. The Balaban J connectivity index is 2.17. The van der Waals surface area contributed by atoms with E-state index in [4.69, 9.17) is 15.7 Å². The van der Waals surface area contributed by atoms with E-state index in [9.17, 15) is 17.6 Å². The van der Waals surface area contributed by atoms with E-state index in [-0.39, 0.29) is 11.3 Å². The molecule has 0 aromatic heterocycles. The molecule has 5 nitrogen and oxygen atoms in total. The number of aliphatic imine (C=N–C) groups is 1. The number of nitrogens with zero attached hydrogens (tertiary/aromatic N) is 1. The summed E-state index contributed by atoms with van der Waals surface area (Å²) in [5.74, 6) is -4.97. The number of ether oxygens (including phenoxy) is 1. The van der Waals surface area contributed by atoms with E-state index in [1.54, 1.807) is 0 Å². The average molecular weight is 333 g/mol. The first kappa shape index (κ1) is 15.9. The summed E-state index contributed by atoms with van der Waals surface area (Å²) >= 11 is 0. The highest BCUT2D eigenvalue weighted by Crippen LogP contribution is 2.53. The van der Waals surface area contributed by atoms with Gasteiger partial charge in [-0.2, -0.15) is 0 Å². The molecule has 1 heterocycles. The van der Waals surface area contributed by atoms with Crippen molar-refractivity contribution >= 4 is 11.7 Å². The number of hydrogen-bond acceptors (Lipinski definition) is 5. The van der Waals surface area contributed by atoms with Crippen molar-refractivity contribution in [1.82, 2.24) is 0 Å². The van der Waals surface area contributed by atoms with Gasteiger partial charge >= 0.3 is 0 Å². The lowest BCUT2D eigenvalue weighted by Crippen LogP contribution is -2.48. The van der Waals surface area contributed by atoms with Crippen molar-refractivity contribution < 1.29 is 27.5 Å². The Morgan fingerprint density at radius 2 is 2.13 bits per heavy atom. The smallest absolute Gasteiger partial charge is 0.283 e. The molecule has 23 heavy (non-hydrogen) atoms. The van der Waals surface area contributed by atoms with Crippen LogP contribution in [-0.2, 0) is 10.3 Å². The average Bonchev–Trinajstić information content (AvgIpc) is 2.81. The summed E-state index contributed by atoms with van der Waals surface area (Å²) in [5, 5.41) is 8.96. The van der Waals surface area contributed by atoms with Gasteiger partial charge in [0.15, 0.2) is 0 Å². The maximum Gasteiger partial charge on any atom is 0.283 e. The molecule has 9 heteroatoms. The van der Waals surface area contributed by atoms with Crippen molar-refractivity contribution in [3.8, 4) is 0 Å². The molecule has 126 valence electrons. The lowest BCUT2D eigenvalue weighted by atomic mass is 9.76. The molecule has 3 atom stereocenters. The van der Waals surface area contributed by atoms with Gasteiger partial charge in [0.2, 0.25) is 0 Å². The van der Waals surface area contributed by atoms with Crippen LogP contribution in [0.5, 0.6) is 0 Å². The van der Waals surface area contributed by atoms with Crippen molar-refractivity contribution in [2.24, 2.45) is 16.6 Å². The predicted octanol–water partition coefficient (Wildman–Crippen LogP) is 2.55. The molecule has 3 rings (SSSR count). The number of nitrogens with one attached hydrogen (secondary N) is 1. The molecule has 1 aliphatic carbocycles. The van der Waals surface area contributed by atoms with E-state index >= 15 is 0 Å². The molecule has 4 N–H and O–H groups in total. The monoisotopic (exact) mass is 333 g/mol. The lowest BCUT2D eigenvalue weighted by molar-refractivity contribution is -0.00299. The summed E-state index contributed by atoms with van der Waals surface area (Å²) in [4.78, 5) is 3.86. The van der Waals surface area contributed by atoms with Gasteiger partial charge in [0.05, 0.1) is 5.69 Å². The Morgan fingerprint density at radius 3 is 2.78 bits per heavy atom. The highest BCUT2D eigenvalue weighted by Gasteiger charge is 2.60. The second kappa shape index (κ2) is 5.26. The fourth-order valence-electron chi connectivity index (χ4n) is 3.42. The summed E-state index contributed by atoms with van der Waals surface area (Å²) in [6.07, 6.45) is -2.37. The van der Waals surface area contributed by atoms with E-state index in [0.29, 0.717) is 0 Å². The van der Waals surface area contributed by atoms with Crippen LogP contribution in [0.4, 0.5) is 23.2 Å². The van der Waals surface area contributed by atoms with Gasteiger partial charge in [-0.15, -0.1) is 0 Å². The minimum absolute atomic E-state index is 0.0794. The Kier molecular flexibility index (Phi) is 3.62. The zero-order valence-electron chi connectivity index (χ0n) is 11.9. The van der Waals surface area contributed by atoms with Crippen LogP contribution >= 0.6 is 0 Å². The quantitative estimate of drug-likeness (QED) is 0.587. The Bertz CT molecular complexity index is 655. The number of hydrogen-bond donors (Lipinski definition) is 3. The van der Waals surface area contributed by atoms with Crippen LogP contribution in [-0.4, -0.2) is 29.9 Å². The molecule has 0 unspecified atom stereocenters. The molecule has 0 saturated heterocycles. The molecule has 0 amide bonds. The van der Waals surface area contributed by atoms with Gasteiger partial charge < -0.3 is 10.5 Å². The van der Waals surface area contributed by atoms with Crippen LogP contribution in [0.3, 0.4) is 0 Å². The summed E-state index contributed by atoms with van der Waals surface area (Å²) in [6, 6.07) is 2.89. The zero-order valence-corrected chi connectivity index (χ0v) is 11.9. The van der Waals surface area contributed by atoms with E-state index in [1.807, 2.05) is 5.48 Å². The highest BCUT2D eigenvalue weighted by molar-refractivity contribution is 5.73. The first-order valence-electron chi connectivity index (χ1n) is 6.97. The third kappa shape index (κ3) is 2.48. The molecule has 0 bridgehead atoms. The topological polar surface area (TPSA) is 79.9 Å². The van der Waals surface area contributed by atoms with E-state index in [0.717, 1.165) is 12.1 Å². The SMILES string of the molecule is NC1=N[C@](CF)(c2cc(NO)ccc2F)[C@H]2CC(F)(F)C[C@H]2O1. The number of halogens is 4. The minimum atomic E-state index is -3.07. The summed E-state index contributed by atoms with van der Waals surface area (Å²) in [5.41, 5.74) is 5.25. The molecule has 1 saturated carbocycles. The van der Waals surface area contributed by atoms with Crippen molar-refractivity contribution in [3.05, 3.63) is 29.6 Å². The van der Waals surface area contributed by atoms with Gasteiger partial charge in [0, 0.05) is 24.3 Å². The van der Waals surface area contributed by atoms with Crippen LogP contribution < -0.4 is 11.2 Å². The Morgan fingerprint density at radius 1 is 1.39 bits per heavy atom. The van der Waals surface area contributed by atoms with Crippen molar-refractivity contribution in [2.45, 2.75) is 30.4 Å². The van der Waals surface area contributed by atoms with Crippen molar-refractivity contribution in [2.75, 3.05) is 12.2 Å². The van der Waals surface area contributed by atoms with Gasteiger partial charge in [-0.1, -0.05) is 0 Å². The molecule has 1 aromatic rings. The van der Waals surface area contributed by atoms with Crippen LogP contribution in [0.1, 0.15) is 18.4 Å². The molecule has 1 aliphatic heterocycles. The maximum absolute atomic E-state index is 14.3. The first-order valence-corrected chi connectivity index (χ1v) is 6.97. The van der Waals surface area contributed by atoms with Crippen molar-refractivity contribution in [3.63, 3.8) is 0 Å². The molecule has 1 aromatic carbocycles. The van der Waals surface area contributed by atoms with Crippen LogP contribution in [0.25, 0.3) is 0 Å². The van der Waals surface area contributed by atoms with E-state index in [1.165, 1.54) is 6.07 Å². The molecule has 2 aliphatic rings. The second-order valence-corrected chi connectivity index (χ2v) is 5.84. The first-order chi connectivity index (χ1) is 10.8. The fraction of sp³-hybridized carbons (Fsp3) is 0.500. The molecule has 0 radical (unpaired) electrons. The largest absolute Gasteiger partial charge is 0.461 e.